The highest BCUT2D eigenvalue weighted by Gasteiger charge is 2.19. The Balaban J connectivity index is 1.87. The van der Waals surface area contributed by atoms with Crippen LogP contribution in [0.3, 0.4) is 0 Å². The Bertz CT molecular complexity index is 803. The lowest BCUT2D eigenvalue weighted by molar-refractivity contribution is -0.155. The summed E-state index contributed by atoms with van der Waals surface area (Å²) in [7, 11) is 0. The Kier molecular flexibility index (Phi) is 6.27. The molecule has 0 aliphatic rings. The largest absolute Gasteiger partial charge is 0.482 e. The minimum atomic E-state index is -1.20. The second-order valence-electron chi connectivity index (χ2n) is 5.86. The molecule has 7 heteroatoms. The maximum Gasteiger partial charge on any atom is 0.344 e. The van der Waals surface area contributed by atoms with Gasteiger partial charge in [0.1, 0.15) is 17.4 Å². The molecule has 138 valence electrons. The van der Waals surface area contributed by atoms with Crippen molar-refractivity contribution in [2.75, 3.05) is 11.9 Å². The van der Waals surface area contributed by atoms with Gasteiger partial charge in [-0.05, 0) is 56.2 Å². The Morgan fingerprint density at radius 1 is 1.08 bits per heavy atom. The first-order chi connectivity index (χ1) is 12.2. The molecule has 26 heavy (non-hydrogen) atoms. The van der Waals surface area contributed by atoms with Gasteiger partial charge < -0.3 is 14.8 Å². The van der Waals surface area contributed by atoms with Gasteiger partial charge in [0.15, 0.2) is 12.7 Å². The highest BCUT2D eigenvalue weighted by atomic mass is 19.1. The number of carbonyl (C=O) groups excluding carboxylic acids is 2. The Labute approximate surface area is 149 Å². The van der Waals surface area contributed by atoms with Crippen molar-refractivity contribution in [2.24, 2.45) is 0 Å². The van der Waals surface area contributed by atoms with Crippen molar-refractivity contribution >= 4 is 17.6 Å². The summed E-state index contributed by atoms with van der Waals surface area (Å²) in [6, 6.07) is 8.15. The molecule has 2 rings (SSSR count). The summed E-state index contributed by atoms with van der Waals surface area (Å²) in [6.07, 6.45) is -1.20. The van der Waals surface area contributed by atoms with E-state index < -0.39 is 29.6 Å². The molecule has 0 heterocycles. The van der Waals surface area contributed by atoms with Gasteiger partial charge in [-0.25, -0.2) is 13.6 Å². The van der Waals surface area contributed by atoms with Crippen LogP contribution in [0.5, 0.6) is 5.75 Å². The monoisotopic (exact) mass is 363 g/mol. The van der Waals surface area contributed by atoms with E-state index in [-0.39, 0.29) is 12.3 Å². The third-order valence-electron chi connectivity index (χ3n) is 3.42. The van der Waals surface area contributed by atoms with Gasteiger partial charge in [-0.1, -0.05) is 6.07 Å². The highest BCUT2D eigenvalue weighted by molar-refractivity contribution is 5.95. The molecule has 0 radical (unpaired) electrons. The third-order valence-corrected chi connectivity index (χ3v) is 3.42. The number of aryl methyl sites for hydroxylation is 2. The summed E-state index contributed by atoms with van der Waals surface area (Å²) < 4.78 is 36.9. The van der Waals surface area contributed by atoms with Gasteiger partial charge in [-0.3, -0.25) is 4.79 Å². The van der Waals surface area contributed by atoms with E-state index in [2.05, 4.69) is 5.32 Å². The number of esters is 1. The average Bonchev–Trinajstić information content (AvgIpc) is 2.55. The minimum absolute atomic E-state index is 0.329. The van der Waals surface area contributed by atoms with Crippen LogP contribution >= 0.6 is 0 Å². The summed E-state index contributed by atoms with van der Waals surface area (Å²) in [5.41, 5.74) is 1.64. The summed E-state index contributed by atoms with van der Waals surface area (Å²) >= 11 is 0. The number of nitrogens with one attached hydrogen (secondary N) is 1. The third kappa shape index (κ3) is 5.54. The van der Waals surface area contributed by atoms with Crippen molar-refractivity contribution in [1.82, 2.24) is 0 Å². The molecule has 2 aromatic rings. The fraction of sp³-hybridized carbons (Fsp3) is 0.263. The normalized spacial score (nSPS) is 11.6. The zero-order valence-electron chi connectivity index (χ0n) is 14.6. The van der Waals surface area contributed by atoms with Gasteiger partial charge in [0.25, 0.3) is 5.91 Å². The molecule has 1 atom stereocenters. The molecule has 0 bridgehead atoms. The molecule has 0 aromatic heterocycles. The van der Waals surface area contributed by atoms with Crippen LogP contribution in [0.4, 0.5) is 14.5 Å². The van der Waals surface area contributed by atoms with Crippen molar-refractivity contribution in [2.45, 2.75) is 26.9 Å². The Morgan fingerprint density at radius 2 is 1.73 bits per heavy atom. The first-order valence-electron chi connectivity index (χ1n) is 7.91. The van der Waals surface area contributed by atoms with Crippen LogP contribution in [-0.4, -0.2) is 24.6 Å². The van der Waals surface area contributed by atoms with E-state index in [1.54, 1.807) is 12.1 Å². The standard InChI is InChI=1S/C19H19F2NO4/c1-11-6-12(2)8-15(7-11)25-10-18(23)26-13(3)19(24)22-17-9-14(20)4-5-16(17)21/h4-9,13H,10H2,1-3H3,(H,22,24). The fourth-order valence-corrected chi connectivity index (χ4v) is 2.27. The molecular weight excluding hydrogens is 344 g/mol. The zero-order valence-corrected chi connectivity index (χ0v) is 14.6. The number of amides is 1. The SMILES string of the molecule is Cc1cc(C)cc(OCC(=O)OC(C)C(=O)Nc2cc(F)ccc2F)c1. The van der Waals surface area contributed by atoms with Crippen molar-refractivity contribution in [3.63, 3.8) is 0 Å². The zero-order chi connectivity index (χ0) is 19.3. The molecule has 1 unspecified atom stereocenters. The number of halogens is 2. The van der Waals surface area contributed by atoms with Crippen LogP contribution in [0.2, 0.25) is 0 Å². The van der Waals surface area contributed by atoms with E-state index in [9.17, 15) is 18.4 Å². The maximum atomic E-state index is 13.5. The molecule has 0 spiro atoms. The molecule has 0 fully saturated rings. The summed E-state index contributed by atoms with van der Waals surface area (Å²) in [5.74, 6) is -2.52. The molecular formula is C19H19F2NO4. The van der Waals surface area contributed by atoms with Gasteiger partial charge >= 0.3 is 5.97 Å². The van der Waals surface area contributed by atoms with E-state index in [0.29, 0.717) is 5.75 Å². The predicted molar refractivity (Wildman–Crippen MR) is 92.0 cm³/mol. The molecule has 0 saturated carbocycles. The number of hydrogen-bond donors (Lipinski definition) is 1. The number of hydrogen-bond acceptors (Lipinski definition) is 4. The van der Waals surface area contributed by atoms with Crippen LogP contribution in [0, 0.1) is 25.5 Å². The predicted octanol–water partition coefficient (Wildman–Crippen LogP) is 3.53. The van der Waals surface area contributed by atoms with Crippen molar-refractivity contribution in [3.8, 4) is 5.75 Å². The topological polar surface area (TPSA) is 64.6 Å². The summed E-state index contributed by atoms with van der Waals surface area (Å²) in [4.78, 5) is 23.8. The number of benzene rings is 2. The lowest BCUT2D eigenvalue weighted by Crippen LogP contribution is -2.32. The van der Waals surface area contributed by atoms with Gasteiger partial charge in [-0.15, -0.1) is 0 Å². The number of carbonyl (C=O) groups is 2. The van der Waals surface area contributed by atoms with Crippen LogP contribution in [0.15, 0.2) is 36.4 Å². The maximum absolute atomic E-state index is 13.5. The quantitative estimate of drug-likeness (QED) is 0.798. The Hall–Kier alpha value is -2.96. The summed E-state index contributed by atoms with van der Waals surface area (Å²) in [6.45, 7) is 4.74. The van der Waals surface area contributed by atoms with Crippen molar-refractivity contribution in [3.05, 3.63) is 59.2 Å². The van der Waals surface area contributed by atoms with E-state index in [1.807, 2.05) is 19.9 Å². The number of rotatable bonds is 6. The smallest absolute Gasteiger partial charge is 0.344 e. The first kappa shape index (κ1) is 19.4. The molecule has 1 amide bonds. The number of anilines is 1. The Morgan fingerprint density at radius 3 is 2.38 bits per heavy atom. The van der Waals surface area contributed by atoms with Gasteiger partial charge in [0.2, 0.25) is 0 Å². The van der Waals surface area contributed by atoms with Crippen LogP contribution in [0.25, 0.3) is 0 Å². The van der Waals surface area contributed by atoms with Crippen LogP contribution in [-0.2, 0) is 14.3 Å². The summed E-state index contributed by atoms with van der Waals surface area (Å²) in [5, 5.41) is 2.17. The molecule has 2 aromatic carbocycles. The van der Waals surface area contributed by atoms with E-state index in [4.69, 9.17) is 9.47 Å². The lowest BCUT2D eigenvalue weighted by atomic mass is 10.1. The number of ether oxygens (including phenoxy) is 2. The molecule has 0 aliphatic heterocycles. The van der Waals surface area contributed by atoms with Crippen molar-refractivity contribution < 1.29 is 27.8 Å². The van der Waals surface area contributed by atoms with Gasteiger partial charge in [0, 0.05) is 6.07 Å². The van der Waals surface area contributed by atoms with Gasteiger partial charge in [-0.2, -0.15) is 0 Å². The molecule has 0 aliphatic carbocycles. The van der Waals surface area contributed by atoms with Gasteiger partial charge in [0.05, 0.1) is 5.69 Å². The van der Waals surface area contributed by atoms with E-state index in [0.717, 1.165) is 29.3 Å². The van der Waals surface area contributed by atoms with E-state index >= 15 is 0 Å². The van der Waals surface area contributed by atoms with Crippen LogP contribution < -0.4 is 10.1 Å². The molecule has 0 saturated heterocycles. The second-order valence-corrected chi connectivity index (χ2v) is 5.86. The lowest BCUT2D eigenvalue weighted by Gasteiger charge is -2.14. The average molecular weight is 363 g/mol. The molecule has 1 N–H and O–H groups in total. The fourth-order valence-electron chi connectivity index (χ4n) is 2.27. The highest BCUT2D eigenvalue weighted by Crippen LogP contribution is 2.17. The minimum Gasteiger partial charge on any atom is -0.482 e. The first-order valence-corrected chi connectivity index (χ1v) is 7.91. The van der Waals surface area contributed by atoms with E-state index in [1.165, 1.54) is 6.92 Å². The molecule has 5 nitrogen and oxygen atoms in total. The van der Waals surface area contributed by atoms with Crippen LogP contribution in [0.1, 0.15) is 18.1 Å². The van der Waals surface area contributed by atoms with Crippen molar-refractivity contribution in [1.29, 1.82) is 0 Å². The second kappa shape index (κ2) is 8.42.